The molecule has 0 unspecified atom stereocenters. The van der Waals surface area contributed by atoms with Gasteiger partial charge in [0.25, 0.3) is 5.91 Å². The highest BCUT2D eigenvalue weighted by atomic mass is 32.1. The van der Waals surface area contributed by atoms with Gasteiger partial charge >= 0.3 is 0 Å². The zero-order valence-electron chi connectivity index (χ0n) is 11.6. The molecule has 1 aromatic rings. The maximum absolute atomic E-state index is 13.2. The van der Waals surface area contributed by atoms with E-state index in [1.165, 1.54) is 6.07 Å². The van der Waals surface area contributed by atoms with E-state index in [2.05, 4.69) is 5.32 Å². The van der Waals surface area contributed by atoms with E-state index < -0.39 is 23.1 Å². The van der Waals surface area contributed by atoms with E-state index in [0.717, 1.165) is 37.8 Å². The van der Waals surface area contributed by atoms with E-state index in [4.69, 9.17) is 18.0 Å². The van der Waals surface area contributed by atoms with Gasteiger partial charge in [0, 0.05) is 5.56 Å². The molecule has 0 aromatic heterocycles. The Morgan fingerprint density at radius 3 is 2.29 bits per heavy atom. The molecule has 0 heterocycles. The van der Waals surface area contributed by atoms with E-state index >= 15 is 0 Å². The average Bonchev–Trinajstić information content (AvgIpc) is 2.68. The van der Waals surface area contributed by atoms with Crippen LogP contribution in [0.1, 0.15) is 48.9 Å². The van der Waals surface area contributed by atoms with Crippen LogP contribution in [-0.2, 0) is 0 Å². The first kappa shape index (κ1) is 15.8. The van der Waals surface area contributed by atoms with Gasteiger partial charge in [0.15, 0.2) is 11.6 Å². The summed E-state index contributed by atoms with van der Waals surface area (Å²) >= 11 is 5.13. The maximum Gasteiger partial charge on any atom is 0.252 e. The molecule has 0 atom stereocenters. The topological polar surface area (TPSA) is 55.1 Å². The van der Waals surface area contributed by atoms with Gasteiger partial charge in [-0.25, -0.2) is 8.78 Å². The summed E-state index contributed by atoms with van der Waals surface area (Å²) in [6.45, 7) is 0. The SMILES string of the molecule is NC(=S)C1(NC(=O)c2ccc(F)c(F)c2)CCCCCC1. The first-order valence-electron chi connectivity index (χ1n) is 7.02. The molecule has 1 fully saturated rings. The summed E-state index contributed by atoms with van der Waals surface area (Å²) in [7, 11) is 0. The van der Waals surface area contributed by atoms with Crippen molar-refractivity contribution in [2.45, 2.75) is 44.1 Å². The minimum Gasteiger partial charge on any atom is -0.391 e. The molecule has 3 N–H and O–H groups in total. The van der Waals surface area contributed by atoms with Crippen molar-refractivity contribution < 1.29 is 13.6 Å². The monoisotopic (exact) mass is 312 g/mol. The summed E-state index contributed by atoms with van der Waals surface area (Å²) < 4.78 is 26.2. The number of amides is 1. The van der Waals surface area contributed by atoms with Crippen LogP contribution in [0.25, 0.3) is 0 Å². The van der Waals surface area contributed by atoms with Crippen molar-refractivity contribution in [2.75, 3.05) is 0 Å². The lowest BCUT2D eigenvalue weighted by atomic mass is 9.89. The fraction of sp³-hybridized carbons (Fsp3) is 0.467. The normalized spacial score (nSPS) is 17.8. The van der Waals surface area contributed by atoms with Crippen molar-refractivity contribution in [3.05, 3.63) is 35.4 Å². The number of benzene rings is 1. The van der Waals surface area contributed by atoms with E-state index in [1.807, 2.05) is 0 Å². The molecular weight excluding hydrogens is 294 g/mol. The first-order chi connectivity index (χ1) is 9.94. The molecular formula is C15H18F2N2OS. The highest BCUT2D eigenvalue weighted by Gasteiger charge is 2.35. The van der Waals surface area contributed by atoms with Crippen molar-refractivity contribution in [1.82, 2.24) is 5.32 Å². The molecule has 6 heteroatoms. The Morgan fingerprint density at radius 1 is 1.14 bits per heavy atom. The highest BCUT2D eigenvalue weighted by Crippen LogP contribution is 2.28. The van der Waals surface area contributed by atoms with Crippen molar-refractivity contribution in [1.29, 1.82) is 0 Å². The van der Waals surface area contributed by atoms with Gasteiger partial charge in [0.2, 0.25) is 0 Å². The molecule has 3 nitrogen and oxygen atoms in total. The fourth-order valence-corrected chi connectivity index (χ4v) is 2.95. The van der Waals surface area contributed by atoms with Crippen molar-refractivity contribution >= 4 is 23.1 Å². The third kappa shape index (κ3) is 3.56. The van der Waals surface area contributed by atoms with Crippen LogP contribution in [0.4, 0.5) is 8.78 Å². The van der Waals surface area contributed by atoms with Gasteiger partial charge in [-0.15, -0.1) is 0 Å². The number of halogens is 2. The van der Waals surface area contributed by atoms with E-state index in [9.17, 15) is 13.6 Å². The molecule has 21 heavy (non-hydrogen) atoms. The molecule has 1 aliphatic carbocycles. The van der Waals surface area contributed by atoms with Crippen LogP contribution in [0.15, 0.2) is 18.2 Å². The van der Waals surface area contributed by atoms with Gasteiger partial charge < -0.3 is 11.1 Å². The number of hydrogen-bond donors (Lipinski definition) is 2. The minimum atomic E-state index is -1.05. The average molecular weight is 312 g/mol. The number of nitrogens with two attached hydrogens (primary N) is 1. The molecule has 1 aliphatic rings. The van der Waals surface area contributed by atoms with Crippen LogP contribution in [0.5, 0.6) is 0 Å². The number of carbonyl (C=O) groups excluding carboxylic acids is 1. The summed E-state index contributed by atoms with van der Waals surface area (Å²) in [5.74, 6) is -2.51. The number of hydrogen-bond acceptors (Lipinski definition) is 2. The largest absolute Gasteiger partial charge is 0.391 e. The quantitative estimate of drug-likeness (QED) is 0.666. The van der Waals surface area contributed by atoms with Gasteiger partial charge in [-0.1, -0.05) is 37.9 Å². The van der Waals surface area contributed by atoms with Gasteiger partial charge in [-0.2, -0.15) is 0 Å². The lowest BCUT2D eigenvalue weighted by Gasteiger charge is -2.33. The summed E-state index contributed by atoms with van der Waals surface area (Å²) in [6.07, 6.45) is 5.36. The summed E-state index contributed by atoms with van der Waals surface area (Å²) in [4.78, 5) is 12.5. The van der Waals surface area contributed by atoms with Crippen LogP contribution >= 0.6 is 12.2 Å². The Labute approximate surface area is 127 Å². The molecule has 0 saturated heterocycles. The first-order valence-corrected chi connectivity index (χ1v) is 7.43. The Balaban J connectivity index is 2.21. The predicted molar refractivity (Wildman–Crippen MR) is 81.0 cm³/mol. The van der Waals surface area contributed by atoms with Crippen molar-refractivity contribution in [3.8, 4) is 0 Å². The number of carbonyl (C=O) groups is 1. The molecule has 2 rings (SSSR count). The second kappa shape index (κ2) is 6.47. The third-order valence-corrected chi connectivity index (χ3v) is 4.35. The Bertz CT molecular complexity index is 555. The van der Waals surface area contributed by atoms with Crippen LogP contribution in [0.2, 0.25) is 0 Å². The summed E-state index contributed by atoms with van der Waals surface area (Å²) in [6, 6.07) is 3.07. The van der Waals surface area contributed by atoms with Gasteiger partial charge in [-0.3, -0.25) is 4.79 Å². The Morgan fingerprint density at radius 2 is 1.76 bits per heavy atom. The zero-order valence-corrected chi connectivity index (χ0v) is 12.4. The molecule has 0 radical (unpaired) electrons. The van der Waals surface area contributed by atoms with Gasteiger partial charge in [0.1, 0.15) is 0 Å². The lowest BCUT2D eigenvalue weighted by molar-refractivity contribution is 0.0917. The standard InChI is InChI=1S/C15H18F2N2OS/c16-11-6-5-10(9-12(11)17)13(20)19-15(14(18)21)7-3-1-2-4-8-15/h5-6,9H,1-4,7-8H2,(H2,18,21)(H,19,20). The minimum absolute atomic E-state index is 0.0637. The molecule has 114 valence electrons. The lowest BCUT2D eigenvalue weighted by Crippen LogP contribution is -2.56. The molecule has 0 bridgehead atoms. The van der Waals surface area contributed by atoms with Crippen LogP contribution in [-0.4, -0.2) is 16.4 Å². The fourth-order valence-electron chi connectivity index (χ4n) is 2.69. The molecule has 1 saturated carbocycles. The molecule has 0 spiro atoms. The van der Waals surface area contributed by atoms with E-state index in [-0.39, 0.29) is 10.6 Å². The smallest absolute Gasteiger partial charge is 0.252 e. The maximum atomic E-state index is 13.2. The van der Waals surface area contributed by atoms with Gasteiger partial charge in [-0.05, 0) is 31.0 Å². The zero-order chi connectivity index (χ0) is 15.5. The number of thiocarbonyl (C=S) groups is 1. The molecule has 1 aromatic carbocycles. The van der Waals surface area contributed by atoms with E-state index in [1.54, 1.807) is 0 Å². The summed E-state index contributed by atoms with van der Waals surface area (Å²) in [5.41, 5.74) is 5.17. The molecule has 1 amide bonds. The van der Waals surface area contributed by atoms with E-state index in [0.29, 0.717) is 12.8 Å². The number of rotatable bonds is 3. The number of nitrogens with one attached hydrogen (secondary N) is 1. The van der Waals surface area contributed by atoms with Crippen molar-refractivity contribution in [2.24, 2.45) is 5.73 Å². The second-order valence-corrected chi connectivity index (χ2v) is 5.88. The van der Waals surface area contributed by atoms with Crippen LogP contribution in [0.3, 0.4) is 0 Å². The Kier molecular flexibility index (Phi) is 4.88. The molecule has 0 aliphatic heterocycles. The third-order valence-electron chi connectivity index (χ3n) is 3.96. The van der Waals surface area contributed by atoms with Crippen LogP contribution < -0.4 is 11.1 Å². The van der Waals surface area contributed by atoms with Gasteiger partial charge in [0.05, 0.1) is 10.5 Å². The van der Waals surface area contributed by atoms with Crippen LogP contribution in [0, 0.1) is 11.6 Å². The highest BCUT2D eigenvalue weighted by molar-refractivity contribution is 7.80. The second-order valence-electron chi connectivity index (χ2n) is 5.44. The van der Waals surface area contributed by atoms with Crippen molar-refractivity contribution in [3.63, 3.8) is 0 Å². The predicted octanol–water partition coefficient (Wildman–Crippen LogP) is 3.07. The Hall–Kier alpha value is -1.56. The summed E-state index contributed by atoms with van der Waals surface area (Å²) in [5, 5.41) is 2.84.